The van der Waals surface area contributed by atoms with E-state index in [2.05, 4.69) is 11.7 Å². The topological polar surface area (TPSA) is 15.6 Å². The summed E-state index contributed by atoms with van der Waals surface area (Å²) in [7, 11) is 1.64. The van der Waals surface area contributed by atoms with Gasteiger partial charge in [-0.05, 0) is 43.5 Å². The lowest BCUT2D eigenvalue weighted by Crippen LogP contribution is -2.13. The molecule has 0 saturated heterocycles. The van der Waals surface area contributed by atoms with Gasteiger partial charge in [0.05, 0.1) is 10.7 Å². The second kappa shape index (κ2) is 7.45. The first-order valence-electron chi connectivity index (χ1n) is 8.08. The van der Waals surface area contributed by atoms with Crippen LogP contribution in [0, 0.1) is 24.4 Å². The molecule has 0 bridgehead atoms. The summed E-state index contributed by atoms with van der Waals surface area (Å²) >= 11 is 6.26. The highest BCUT2D eigenvalue weighted by Crippen LogP contribution is 2.43. The molecule has 3 aromatic carbocycles. The van der Waals surface area contributed by atoms with Gasteiger partial charge >= 0.3 is 0 Å². The molecule has 0 atom stereocenters. The Hall–Kier alpha value is -2.79. The smallest absolute Gasteiger partial charge is 0.151 e. The van der Waals surface area contributed by atoms with E-state index in [9.17, 15) is 13.2 Å². The lowest BCUT2D eigenvalue weighted by atomic mass is 9.97. The zero-order valence-corrected chi connectivity index (χ0v) is 15.5. The molecule has 0 N–H and O–H groups in total. The molecule has 2 nitrogen and oxygen atoms in total. The minimum Gasteiger partial charge on any atom is -0.340 e. The Kier molecular flexibility index (Phi) is 5.24. The first-order valence-corrected chi connectivity index (χ1v) is 8.45. The third-order valence-corrected chi connectivity index (χ3v) is 4.64. The monoisotopic (exact) mass is 388 g/mol. The first kappa shape index (κ1) is 19.0. The zero-order chi connectivity index (χ0) is 19.7. The summed E-state index contributed by atoms with van der Waals surface area (Å²) in [5, 5.41) is 0.237. The van der Waals surface area contributed by atoms with Crippen LogP contribution in [0.1, 0.15) is 5.56 Å². The van der Waals surface area contributed by atoms with E-state index in [0.717, 1.165) is 17.7 Å². The van der Waals surface area contributed by atoms with E-state index in [-0.39, 0.29) is 16.4 Å². The second-order valence-electron chi connectivity index (χ2n) is 6.07. The van der Waals surface area contributed by atoms with Gasteiger partial charge in [0.1, 0.15) is 17.3 Å². The van der Waals surface area contributed by atoms with Crippen LogP contribution in [-0.4, -0.2) is 13.8 Å². The van der Waals surface area contributed by atoms with Crippen molar-refractivity contribution in [2.45, 2.75) is 6.92 Å². The van der Waals surface area contributed by atoms with Crippen LogP contribution >= 0.6 is 11.6 Å². The molecule has 0 spiro atoms. The number of nitrogens with zero attached hydrogens (tertiary/aromatic N) is 2. The van der Waals surface area contributed by atoms with E-state index < -0.39 is 17.5 Å². The maximum atomic E-state index is 14.6. The fourth-order valence-electron chi connectivity index (χ4n) is 3.10. The Morgan fingerprint density at radius 1 is 1.00 bits per heavy atom. The van der Waals surface area contributed by atoms with Crippen molar-refractivity contribution in [2.75, 3.05) is 11.9 Å². The molecule has 0 aliphatic rings. The molecule has 0 aliphatic carbocycles. The first-order chi connectivity index (χ1) is 12.8. The third-order valence-electron chi connectivity index (χ3n) is 4.33. The average molecular weight is 389 g/mol. The number of anilines is 2. The molecule has 0 heterocycles. The van der Waals surface area contributed by atoms with Gasteiger partial charge in [-0.2, -0.15) is 0 Å². The Labute approximate surface area is 160 Å². The maximum absolute atomic E-state index is 14.6. The van der Waals surface area contributed by atoms with Gasteiger partial charge in [-0.3, -0.25) is 4.99 Å². The molecular weight excluding hydrogens is 373 g/mol. The van der Waals surface area contributed by atoms with Crippen molar-refractivity contribution in [1.82, 2.24) is 0 Å². The Bertz CT molecular complexity index is 1030. The van der Waals surface area contributed by atoms with Crippen molar-refractivity contribution >= 4 is 35.4 Å². The van der Waals surface area contributed by atoms with Crippen molar-refractivity contribution in [2.24, 2.45) is 4.99 Å². The highest BCUT2D eigenvalue weighted by Gasteiger charge is 2.21. The van der Waals surface area contributed by atoms with E-state index in [1.54, 1.807) is 24.1 Å². The van der Waals surface area contributed by atoms with E-state index in [4.69, 9.17) is 11.6 Å². The van der Waals surface area contributed by atoms with E-state index in [0.29, 0.717) is 16.8 Å². The SMILES string of the molecule is C=Nc1cc(F)cc(F)c1N(C)c1cccc(C)c1-c1ccc(F)cc1Cl. The van der Waals surface area contributed by atoms with Crippen molar-refractivity contribution in [3.63, 3.8) is 0 Å². The summed E-state index contributed by atoms with van der Waals surface area (Å²) in [4.78, 5) is 5.30. The van der Waals surface area contributed by atoms with Gasteiger partial charge in [-0.25, -0.2) is 13.2 Å². The predicted molar refractivity (Wildman–Crippen MR) is 105 cm³/mol. The number of hydrogen-bond donors (Lipinski definition) is 0. The number of hydrogen-bond acceptors (Lipinski definition) is 2. The highest BCUT2D eigenvalue weighted by molar-refractivity contribution is 6.33. The average Bonchev–Trinajstić information content (AvgIpc) is 2.61. The standard InChI is InChI=1S/C21H16ClF3N2/c1-12-5-4-6-19(20(12)15-8-7-13(23)9-16(15)22)27(3)21-17(25)10-14(24)11-18(21)26-2/h4-11H,2H2,1,3H3. The molecule has 0 aromatic heterocycles. The van der Waals surface area contributed by atoms with E-state index in [1.807, 2.05) is 19.1 Å². The van der Waals surface area contributed by atoms with Gasteiger partial charge < -0.3 is 4.90 Å². The molecule has 6 heteroatoms. The van der Waals surface area contributed by atoms with Crippen LogP contribution in [0.5, 0.6) is 0 Å². The zero-order valence-electron chi connectivity index (χ0n) is 14.7. The number of halogens is 4. The molecule has 0 unspecified atom stereocenters. The molecule has 27 heavy (non-hydrogen) atoms. The van der Waals surface area contributed by atoms with Crippen LogP contribution in [-0.2, 0) is 0 Å². The second-order valence-corrected chi connectivity index (χ2v) is 6.47. The molecule has 0 saturated carbocycles. The molecular formula is C21H16ClF3N2. The number of aryl methyl sites for hydroxylation is 1. The van der Waals surface area contributed by atoms with Crippen LogP contribution in [0.15, 0.2) is 53.5 Å². The van der Waals surface area contributed by atoms with Gasteiger partial charge in [0.25, 0.3) is 0 Å². The van der Waals surface area contributed by atoms with Crippen molar-refractivity contribution in [3.05, 3.63) is 76.6 Å². The summed E-state index contributed by atoms with van der Waals surface area (Å²) < 4.78 is 41.6. The summed E-state index contributed by atoms with van der Waals surface area (Å²) in [5.74, 6) is -1.95. The Morgan fingerprint density at radius 3 is 2.41 bits per heavy atom. The minimum absolute atomic E-state index is 0.0765. The van der Waals surface area contributed by atoms with Gasteiger partial charge in [-0.1, -0.05) is 23.7 Å². The largest absolute Gasteiger partial charge is 0.340 e. The molecule has 0 radical (unpaired) electrons. The fourth-order valence-corrected chi connectivity index (χ4v) is 3.36. The normalized spacial score (nSPS) is 10.7. The van der Waals surface area contributed by atoms with Gasteiger partial charge in [0.2, 0.25) is 0 Å². The molecule has 0 amide bonds. The minimum atomic E-state index is -0.766. The number of benzene rings is 3. The molecule has 3 rings (SSSR count). The predicted octanol–water partition coefficient (Wildman–Crippen LogP) is 6.83. The van der Waals surface area contributed by atoms with Crippen molar-refractivity contribution < 1.29 is 13.2 Å². The van der Waals surface area contributed by atoms with Gasteiger partial charge in [0.15, 0.2) is 5.82 Å². The molecule has 138 valence electrons. The summed E-state index contributed by atoms with van der Waals surface area (Å²) in [5.41, 5.74) is 2.95. The van der Waals surface area contributed by atoms with Crippen LogP contribution < -0.4 is 4.90 Å². The van der Waals surface area contributed by atoms with Gasteiger partial charge in [0, 0.05) is 36.0 Å². The molecule has 0 fully saturated rings. The van der Waals surface area contributed by atoms with Gasteiger partial charge in [-0.15, -0.1) is 0 Å². The lowest BCUT2D eigenvalue weighted by molar-refractivity contribution is 0.584. The number of rotatable bonds is 4. The summed E-state index contributed by atoms with van der Waals surface area (Å²) in [6, 6.07) is 11.5. The molecule has 0 aliphatic heterocycles. The van der Waals surface area contributed by atoms with Crippen LogP contribution in [0.2, 0.25) is 5.02 Å². The van der Waals surface area contributed by atoms with E-state index >= 15 is 0 Å². The van der Waals surface area contributed by atoms with Crippen LogP contribution in [0.25, 0.3) is 11.1 Å². The summed E-state index contributed by atoms with van der Waals surface area (Å²) in [6.45, 7) is 5.27. The van der Waals surface area contributed by atoms with Crippen LogP contribution in [0.3, 0.4) is 0 Å². The number of aliphatic imine (C=N–C) groups is 1. The fraction of sp³-hybridized carbons (Fsp3) is 0.0952. The Morgan fingerprint density at radius 2 is 1.74 bits per heavy atom. The van der Waals surface area contributed by atoms with E-state index in [1.165, 1.54) is 12.1 Å². The highest BCUT2D eigenvalue weighted by atomic mass is 35.5. The summed E-state index contributed by atoms with van der Waals surface area (Å²) in [6.07, 6.45) is 0. The third kappa shape index (κ3) is 3.55. The lowest BCUT2D eigenvalue weighted by Gasteiger charge is -2.26. The van der Waals surface area contributed by atoms with Crippen molar-refractivity contribution in [1.29, 1.82) is 0 Å². The molecule has 3 aromatic rings. The maximum Gasteiger partial charge on any atom is 0.151 e. The van der Waals surface area contributed by atoms with Crippen molar-refractivity contribution in [3.8, 4) is 11.1 Å². The quantitative estimate of drug-likeness (QED) is 0.447. The van der Waals surface area contributed by atoms with Crippen LogP contribution in [0.4, 0.5) is 30.2 Å². The Balaban J connectivity index is 2.25.